The van der Waals surface area contributed by atoms with E-state index in [0.29, 0.717) is 15.9 Å². The molecule has 0 unspecified atom stereocenters. The van der Waals surface area contributed by atoms with Gasteiger partial charge in [0.2, 0.25) is 0 Å². The number of benzene rings is 1. The SMILES string of the molecule is Cc1nc2c(c(-n3ccnc3C)n1)CCN2c1ccc(Cl)cc1Cl. The standard InChI is InChI=1S/C17H15Cl2N5/c1-10-21-16(23-8-6-20-11(23)2)13-5-7-24(17(13)22-10)15-4-3-12(18)9-14(15)19/h3-4,6,8-9H,5,7H2,1-2H3. The highest BCUT2D eigenvalue weighted by Gasteiger charge is 2.28. The summed E-state index contributed by atoms with van der Waals surface area (Å²) in [6.45, 7) is 4.66. The van der Waals surface area contributed by atoms with Crippen molar-refractivity contribution in [1.82, 2.24) is 19.5 Å². The number of aryl methyl sites for hydroxylation is 2. The normalized spacial score (nSPS) is 13.4. The van der Waals surface area contributed by atoms with Crippen LogP contribution in [0.3, 0.4) is 0 Å². The molecule has 122 valence electrons. The van der Waals surface area contributed by atoms with E-state index < -0.39 is 0 Å². The third-order valence-electron chi connectivity index (χ3n) is 4.17. The van der Waals surface area contributed by atoms with Gasteiger partial charge in [-0.25, -0.2) is 15.0 Å². The summed E-state index contributed by atoms with van der Waals surface area (Å²) in [7, 11) is 0. The van der Waals surface area contributed by atoms with Crippen molar-refractivity contribution >= 4 is 34.7 Å². The van der Waals surface area contributed by atoms with E-state index in [1.165, 1.54) is 0 Å². The summed E-state index contributed by atoms with van der Waals surface area (Å²) in [5.41, 5.74) is 2.01. The zero-order valence-corrected chi connectivity index (χ0v) is 14.8. The first-order chi connectivity index (χ1) is 11.5. The maximum absolute atomic E-state index is 6.40. The fraction of sp³-hybridized carbons (Fsp3) is 0.235. The maximum Gasteiger partial charge on any atom is 0.147 e. The van der Waals surface area contributed by atoms with Crippen LogP contribution in [0.4, 0.5) is 11.5 Å². The number of imidazole rings is 1. The minimum atomic E-state index is 0.618. The van der Waals surface area contributed by atoms with Gasteiger partial charge in [-0.15, -0.1) is 0 Å². The van der Waals surface area contributed by atoms with Gasteiger partial charge in [-0.3, -0.25) is 4.57 Å². The molecule has 1 aromatic carbocycles. The van der Waals surface area contributed by atoms with Gasteiger partial charge in [-0.2, -0.15) is 0 Å². The molecule has 2 aromatic heterocycles. The Morgan fingerprint density at radius 2 is 1.88 bits per heavy atom. The topological polar surface area (TPSA) is 46.8 Å². The van der Waals surface area contributed by atoms with Crippen molar-refractivity contribution < 1.29 is 0 Å². The number of halogens is 2. The van der Waals surface area contributed by atoms with Crippen LogP contribution in [0.1, 0.15) is 17.2 Å². The average Bonchev–Trinajstić information content (AvgIpc) is 3.13. The molecule has 0 aliphatic carbocycles. The van der Waals surface area contributed by atoms with Crippen molar-refractivity contribution in [2.75, 3.05) is 11.4 Å². The van der Waals surface area contributed by atoms with Gasteiger partial charge in [-0.1, -0.05) is 23.2 Å². The number of hydrogen-bond acceptors (Lipinski definition) is 4. The molecule has 0 saturated carbocycles. The van der Waals surface area contributed by atoms with E-state index in [4.69, 9.17) is 23.2 Å². The molecule has 7 heteroatoms. The van der Waals surface area contributed by atoms with Crippen LogP contribution in [-0.4, -0.2) is 26.1 Å². The predicted molar refractivity (Wildman–Crippen MR) is 95.8 cm³/mol. The van der Waals surface area contributed by atoms with Gasteiger partial charge in [0.25, 0.3) is 0 Å². The van der Waals surface area contributed by atoms with Crippen LogP contribution in [-0.2, 0) is 6.42 Å². The second-order valence-electron chi connectivity index (χ2n) is 5.74. The lowest BCUT2D eigenvalue weighted by Gasteiger charge is -2.20. The van der Waals surface area contributed by atoms with Crippen molar-refractivity contribution in [3.8, 4) is 5.82 Å². The van der Waals surface area contributed by atoms with Gasteiger partial charge >= 0.3 is 0 Å². The number of rotatable bonds is 2. The fourth-order valence-corrected chi connectivity index (χ4v) is 3.59. The van der Waals surface area contributed by atoms with E-state index in [9.17, 15) is 0 Å². The summed E-state index contributed by atoms with van der Waals surface area (Å²) in [4.78, 5) is 15.7. The van der Waals surface area contributed by atoms with Crippen LogP contribution in [0.5, 0.6) is 0 Å². The lowest BCUT2D eigenvalue weighted by Crippen LogP contribution is -2.15. The number of nitrogens with zero attached hydrogens (tertiary/aromatic N) is 5. The molecule has 0 fully saturated rings. The summed E-state index contributed by atoms with van der Waals surface area (Å²) < 4.78 is 2.00. The molecule has 0 N–H and O–H groups in total. The second-order valence-corrected chi connectivity index (χ2v) is 6.58. The molecule has 4 rings (SSSR count). The lowest BCUT2D eigenvalue weighted by molar-refractivity contribution is 0.883. The van der Waals surface area contributed by atoms with Crippen LogP contribution in [0.2, 0.25) is 10.0 Å². The Labute approximate surface area is 149 Å². The monoisotopic (exact) mass is 359 g/mol. The highest BCUT2D eigenvalue weighted by molar-refractivity contribution is 6.36. The van der Waals surface area contributed by atoms with Crippen molar-refractivity contribution in [2.45, 2.75) is 20.3 Å². The molecule has 24 heavy (non-hydrogen) atoms. The first kappa shape index (κ1) is 15.4. The lowest BCUT2D eigenvalue weighted by atomic mass is 10.2. The molecule has 1 aliphatic heterocycles. The van der Waals surface area contributed by atoms with Crippen molar-refractivity contribution in [3.63, 3.8) is 0 Å². The van der Waals surface area contributed by atoms with Crippen molar-refractivity contribution in [1.29, 1.82) is 0 Å². The smallest absolute Gasteiger partial charge is 0.147 e. The molecular weight excluding hydrogens is 345 g/mol. The summed E-state index contributed by atoms with van der Waals surface area (Å²) in [5, 5.41) is 1.24. The van der Waals surface area contributed by atoms with Crippen LogP contribution in [0.25, 0.3) is 5.82 Å². The van der Waals surface area contributed by atoms with E-state index in [-0.39, 0.29) is 0 Å². The summed E-state index contributed by atoms with van der Waals surface area (Å²) >= 11 is 12.4. The first-order valence-electron chi connectivity index (χ1n) is 7.65. The molecule has 3 aromatic rings. The molecule has 0 atom stereocenters. The third-order valence-corrected chi connectivity index (χ3v) is 4.71. The maximum atomic E-state index is 6.40. The second kappa shape index (κ2) is 5.76. The fourth-order valence-electron chi connectivity index (χ4n) is 3.08. The Morgan fingerprint density at radius 1 is 1.08 bits per heavy atom. The Morgan fingerprint density at radius 3 is 2.58 bits per heavy atom. The van der Waals surface area contributed by atoms with Crippen LogP contribution >= 0.6 is 23.2 Å². The third kappa shape index (κ3) is 2.44. The molecular formula is C17H15Cl2N5. The zero-order chi connectivity index (χ0) is 16.8. The predicted octanol–water partition coefficient (Wildman–Crippen LogP) is 4.28. The molecule has 0 bridgehead atoms. The molecule has 0 radical (unpaired) electrons. The summed E-state index contributed by atoms with van der Waals surface area (Å²) in [6.07, 6.45) is 4.55. The van der Waals surface area contributed by atoms with Crippen LogP contribution < -0.4 is 4.90 Å². The minimum Gasteiger partial charge on any atom is -0.324 e. The number of aromatic nitrogens is 4. The van der Waals surface area contributed by atoms with E-state index in [1.807, 2.05) is 36.7 Å². The number of anilines is 2. The molecule has 0 saturated heterocycles. The summed E-state index contributed by atoms with van der Waals surface area (Å²) in [5.74, 6) is 3.40. The first-order valence-corrected chi connectivity index (χ1v) is 8.40. The molecule has 5 nitrogen and oxygen atoms in total. The van der Waals surface area contributed by atoms with Crippen LogP contribution in [0.15, 0.2) is 30.6 Å². The van der Waals surface area contributed by atoms with E-state index in [0.717, 1.165) is 41.7 Å². The Hall–Kier alpha value is -2.11. The average molecular weight is 360 g/mol. The largest absolute Gasteiger partial charge is 0.324 e. The minimum absolute atomic E-state index is 0.618. The number of hydrogen-bond donors (Lipinski definition) is 0. The van der Waals surface area contributed by atoms with Gasteiger partial charge in [0.05, 0.1) is 10.7 Å². The van der Waals surface area contributed by atoms with Gasteiger partial charge in [-0.05, 0) is 38.5 Å². The van der Waals surface area contributed by atoms with Gasteiger partial charge in [0.1, 0.15) is 23.3 Å². The Bertz CT molecular complexity index is 935. The molecule has 0 amide bonds. The summed E-state index contributed by atoms with van der Waals surface area (Å²) in [6, 6.07) is 5.53. The van der Waals surface area contributed by atoms with Gasteiger partial charge in [0, 0.05) is 29.5 Å². The zero-order valence-electron chi connectivity index (χ0n) is 13.3. The Kier molecular flexibility index (Phi) is 3.70. The highest BCUT2D eigenvalue weighted by Crippen LogP contribution is 2.39. The van der Waals surface area contributed by atoms with E-state index in [2.05, 4.69) is 19.9 Å². The van der Waals surface area contributed by atoms with E-state index >= 15 is 0 Å². The molecule has 1 aliphatic rings. The quantitative estimate of drug-likeness (QED) is 0.684. The van der Waals surface area contributed by atoms with Gasteiger partial charge < -0.3 is 4.90 Å². The van der Waals surface area contributed by atoms with Crippen molar-refractivity contribution in [3.05, 3.63) is 57.9 Å². The molecule has 0 spiro atoms. The van der Waals surface area contributed by atoms with Crippen LogP contribution in [0, 0.1) is 13.8 Å². The number of fused-ring (bicyclic) bond motifs is 1. The van der Waals surface area contributed by atoms with Gasteiger partial charge in [0.15, 0.2) is 0 Å². The molecule has 3 heterocycles. The highest BCUT2D eigenvalue weighted by atomic mass is 35.5. The van der Waals surface area contributed by atoms with E-state index in [1.54, 1.807) is 12.3 Å². The van der Waals surface area contributed by atoms with Crippen molar-refractivity contribution in [2.24, 2.45) is 0 Å². The Balaban J connectivity index is 1.87.